The molecule has 0 saturated carbocycles. The summed E-state index contributed by atoms with van der Waals surface area (Å²) >= 11 is 3.49. The number of fused-ring (bicyclic) bond motifs is 1. The summed E-state index contributed by atoms with van der Waals surface area (Å²) in [6.07, 6.45) is 8.35. The zero-order valence-corrected chi connectivity index (χ0v) is 11.9. The van der Waals surface area contributed by atoms with Gasteiger partial charge in [0.05, 0.1) is 7.11 Å². The summed E-state index contributed by atoms with van der Waals surface area (Å²) in [4.78, 5) is 0. The highest BCUT2D eigenvalue weighted by atomic mass is 79.9. The average Bonchev–Trinajstić information content (AvgIpc) is 2.38. The van der Waals surface area contributed by atoms with Crippen LogP contribution in [0, 0.1) is 0 Å². The number of hydrogen-bond donors (Lipinski definition) is 0. The first-order valence-corrected chi connectivity index (χ1v) is 7.40. The first-order chi connectivity index (χ1) is 8.36. The summed E-state index contributed by atoms with van der Waals surface area (Å²) in [5.41, 5.74) is 4.31. The van der Waals surface area contributed by atoms with Gasteiger partial charge in [-0.25, -0.2) is 0 Å². The second-order valence-electron chi connectivity index (χ2n) is 4.40. The number of allylic oxidation sites excluding steroid dienone is 2. The maximum absolute atomic E-state index is 5.45. The van der Waals surface area contributed by atoms with E-state index in [9.17, 15) is 0 Å². The van der Waals surface area contributed by atoms with Crippen LogP contribution < -0.4 is 4.74 Å². The fourth-order valence-corrected chi connectivity index (χ4v) is 2.86. The quantitative estimate of drug-likeness (QED) is 0.570. The molecule has 2 rings (SSSR count). The highest BCUT2D eigenvalue weighted by Gasteiger charge is 2.15. The lowest BCUT2D eigenvalue weighted by molar-refractivity contribution is 0.409. The van der Waals surface area contributed by atoms with Gasteiger partial charge in [0.2, 0.25) is 0 Å². The molecule has 0 unspecified atom stereocenters. The zero-order valence-electron chi connectivity index (χ0n) is 10.3. The van der Waals surface area contributed by atoms with Crippen molar-refractivity contribution in [2.24, 2.45) is 0 Å². The normalized spacial score (nSPS) is 14.1. The van der Waals surface area contributed by atoms with E-state index in [-0.39, 0.29) is 0 Å². The number of unbranched alkanes of at least 4 members (excludes halogenated alkanes) is 1. The summed E-state index contributed by atoms with van der Waals surface area (Å²) in [7, 11) is 1.76. The van der Waals surface area contributed by atoms with Crippen molar-refractivity contribution < 1.29 is 4.74 Å². The largest absolute Gasteiger partial charge is 0.496 e. The van der Waals surface area contributed by atoms with Crippen molar-refractivity contribution in [1.29, 1.82) is 0 Å². The molecule has 92 valence electrons. The average molecular weight is 295 g/mol. The third kappa shape index (κ3) is 2.92. The van der Waals surface area contributed by atoms with E-state index in [1.807, 2.05) is 0 Å². The predicted molar refractivity (Wildman–Crippen MR) is 76.9 cm³/mol. The Morgan fingerprint density at radius 3 is 2.94 bits per heavy atom. The molecule has 0 aliphatic heterocycles. The van der Waals surface area contributed by atoms with E-state index >= 15 is 0 Å². The van der Waals surface area contributed by atoms with Crippen LogP contribution >= 0.6 is 15.9 Å². The van der Waals surface area contributed by atoms with Gasteiger partial charge in [-0.1, -0.05) is 34.1 Å². The minimum absolute atomic E-state index is 1.05. The predicted octanol–water partition coefficient (Wildman–Crippen LogP) is 4.59. The van der Waals surface area contributed by atoms with Crippen LogP contribution in [0.15, 0.2) is 24.3 Å². The number of ether oxygens (including phenoxy) is 1. The van der Waals surface area contributed by atoms with Gasteiger partial charge in [0.15, 0.2) is 0 Å². The molecular weight excluding hydrogens is 276 g/mol. The van der Waals surface area contributed by atoms with E-state index in [0.717, 1.165) is 23.9 Å². The minimum Gasteiger partial charge on any atom is -0.496 e. The lowest BCUT2D eigenvalue weighted by Crippen LogP contribution is -2.02. The van der Waals surface area contributed by atoms with Crippen molar-refractivity contribution >= 4 is 21.5 Å². The van der Waals surface area contributed by atoms with E-state index in [2.05, 4.69) is 40.2 Å². The van der Waals surface area contributed by atoms with E-state index in [4.69, 9.17) is 4.74 Å². The van der Waals surface area contributed by atoms with E-state index in [1.165, 1.54) is 36.0 Å². The molecule has 1 aliphatic rings. The summed E-state index contributed by atoms with van der Waals surface area (Å²) in [6, 6.07) is 6.40. The Morgan fingerprint density at radius 1 is 1.29 bits per heavy atom. The van der Waals surface area contributed by atoms with Crippen molar-refractivity contribution in [3.8, 4) is 5.75 Å². The first kappa shape index (κ1) is 12.7. The number of hydrogen-bond acceptors (Lipinski definition) is 1. The molecule has 0 N–H and O–H groups in total. The molecule has 1 aromatic carbocycles. The molecule has 0 fully saturated rings. The molecule has 0 bridgehead atoms. The molecule has 1 aliphatic carbocycles. The molecule has 1 nitrogen and oxygen atoms in total. The molecule has 0 radical (unpaired) electrons. The van der Waals surface area contributed by atoms with Gasteiger partial charge in [-0.15, -0.1) is 0 Å². The third-order valence-corrected chi connectivity index (χ3v) is 3.87. The Labute approximate surface area is 112 Å². The first-order valence-electron chi connectivity index (χ1n) is 6.28. The molecule has 1 aromatic rings. The molecule has 0 atom stereocenters. The van der Waals surface area contributed by atoms with E-state index in [1.54, 1.807) is 7.11 Å². The fourth-order valence-electron chi connectivity index (χ4n) is 2.46. The van der Waals surface area contributed by atoms with Crippen molar-refractivity contribution in [1.82, 2.24) is 0 Å². The van der Waals surface area contributed by atoms with Crippen LogP contribution in [0.3, 0.4) is 0 Å². The van der Waals surface area contributed by atoms with Crippen LogP contribution in [0.1, 0.15) is 36.8 Å². The maximum atomic E-state index is 5.45. The Kier molecular flexibility index (Phi) is 4.66. The zero-order chi connectivity index (χ0) is 12.1. The molecule has 0 aromatic heterocycles. The molecule has 0 amide bonds. The van der Waals surface area contributed by atoms with Gasteiger partial charge in [0.1, 0.15) is 5.75 Å². The molecule has 0 spiro atoms. The second-order valence-corrected chi connectivity index (χ2v) is 5.19. The van der Waals surface area contributed by atoms with Crippen molar-refractivity contribution in [3.63, 3.8) is 0 Å². The van der Waals surface area contributed by atoms with Gasteiger partial charge >= 0.3 is 0 Å². The number of benzene rings is 1. The van der Waals surface area contributed by atoms with Crippen LogP contribution in [0.5, 0.6) is 5.75 Å². The smallest absolute Gasteiger partial charge is 0.122 e. The fraction of sp³-hybridized carbons (Fsp3) is 0.467. The molecular formula is C15H19BrO. The number of rotatable bonds is 5. The highest BCUT2D eigenvalue weighted by molar-refractivity contribution is 9.09. The molecule has 0 heterocycles. The molecule has 17 heavy (non-hydrogen) atoms. The Morgan fingerprint density at radius 2 is 2.18 bits per heavy atom. The number of halogens is 1. The summed E-state index contributed by atoms with van der Waals surface area (Å²) in [6.45, 7) is 0. The van der Waals surface area contributed by atoms with Crippen LogP contribution in [-0.4, -0.2) is 12.4 Å². The van der Waals surface area contributed by atoms with Crippen LogP contribution in [0.25, 0.3) is 5.57 Å². The number of methoxy groups -OCH3 is 1. The lowest BCUT2D eigenvalue weighted by atomic mass is 9.88. The van der Waals surface area contributed by atoms with Gasteiger partial charge in [-0.2, -0.15) is 0 Å². The maximum Gasteiger partial charge on any atom is 0.122 e. The van der Waals surface area contributed by atoms with Gasteiger partial charge < -0.3 is 4.74 Å². The minimum atomic E-state index is 1.05. The molecule has 0 saturated heterocycles. The van der Waals surface area contributed by atoms with Gasteiger partial charge in [0, 0.05) is 10.9 Å². The summed E-state index contributed by atoms with van der Waals surface area (Å²) in [5.74, 6) is 1.05. The SMILES string of the molecule is COc1cccc2c1CCC=C2CCCCBr. The molecule has 2 heteroatoms. The van der Waals surface area contributed by atoms with Crippen LogP contribution in [-0.2, 0) is 6.42 Å². The highest BCUT2D eigenvalue weighted by Crippen LogP contribution is 2.35. The van der Waals surface area contributed by atoms with Crippen molar-refractivity contribution in [2.75, 3.05) is 12.4 Å². The number of alkyl halides is 1. The summed E-state index contributed by atoms with van der Waals surface area (Å²) in [5, 5.41) is 1.10. The third-order valence-electron chi connectivity index (χ3n) is 3.31. The summed E-state index contributed by atoms with van der Waals surface area (Å²) < 4.78 is 5.45. The van der Waals surface area contributed by atoms with Gasteiger partial charge in [-0.05, 0) is 49.3 Å². The van der Waals surface area contributed by atoms with E-state index < -0.39 is 0 Å². The van der Waals surface area contributed by atoms with Crippen LogP contribution in [0.2, 0.25) is 0 Å². The monoisotopic (exact) mass is 294 g/mol. The van der Waals surface area contributed by atoms with Gasteiger partial charge in [0.25, 0.3) is 0 Å². The Bertz CT molecular complexity index is 409. The lowest BCUT2D eigenvalue weighted by Gasteiger charge is -2.20. The second kappa shape index (κ2) is 6.25. The van der Waals surface area contributed by atoms with Crippen molar-refractivity contribution in [3.05, 3.63) is 35.4 Å². The van der Waals surface area contributed by atoms with Crippen molar-refractivity contribution in [2.45, 2.75) is 32.1 Å². The van der Waals surface area contributed by atoms with Gasteiger partial charge in [-0.3, -0.25) is 0 Å². The van der Waals surface area contributed by atoms with E-state index in [0.29, 0.717) is 0 Å². The topological polar surface area (TPSA) is 9.23 Å². The Hall–Kier alpha value is -0.760. The Balaban J connectivity index is 2.19. The van der Waals surface area contributed by atoms with Crippen LogP contribution in [0.4, 0.5) is 0 Å². The standard InChI is InChI=1S/C15H19BrO/c1-17-15-10-5-8-13-12(6-2-3-11-16)7-4-9-14(13)15/h5,7-8,10H,2-4,6,9,11H2,1H3.